The lowest BCUT2D eigenvalue weighted by Gasteiger charge is -2.47. The van der Waals surface area contributed by atoms with Crippen LogP contribution in [0.5, 0.6) is 0 Å². The van der Waals surface area contributed by atoms with Gasteiger partial charge in [-0.2, -0.15) is 0 Å². The van der Waals surface area contributed by atoms with Crippen LogP contribution in [0.15, 0.2) is 0 Å². The van der Waals surface area contributed by atoms with Gasteiger partial charge in [0, 0.05) is 5.54 Å². The zero-order valence-electron chi connectivity index (χ0n) is 19.0. The number of carbonyl (C=O) groups is 5. The molecule has 9 heteroatoms. The van der Waals surface area contributed by atoms with Gasteiger partial charge in [-0.05, 0) is 56.8 Å². The van der Waals surface area contributed by atoms with Gasteiger partial charge in [-0.1, -0.05) is 27.2 Å². The number of carbonyl (C=O) groups excluding carboxylic acids is 4. The Labute approximate surface area is 184 Å². The summed E-state index contributed by atoms with van der Waals surface area (Å²) in [5.74, 6) is -1.90. The first-order chi connectivity index (χ1) is 14.5. The number of carboxylic acids is 1. The van der Waals surface area contributed by atoms with E-state index in [1.54, 1.807) is 0 Å². The lowest BCUT2D eigenvalue weighted by Crippen LogP contribution is -2.56. The second-order valence-corrected chi connectivity index (χ2v) is 9.27. The van der Waals surface area contributed by atoms with Gasteiger partial charge in [0.05, 0.1) is 19.0 Å². The number of amides is 3. The van der Waals surface area contributed by atoms with Crippen molar-refractivity contribution in [3.8, 4) is 0 Å². The van der Waals surface area contributed by atoms with Crippen molar-refractivity contribution >= 4 is 30.0 Å². The molecule has 2 aliphatic carbocycles. The van der Waals surface area contributed by atoms with Crippen LogP contribution in [-0.2, 0) is 24.0 Å². The van der Waals surface area contributed by atoms with Gasteiger partial charge in [0.15, 0.2) is 0 Å². The summed E-state index contributed by atoms with van der Waals surface area (Å²) in [4.78, 5) is 57.3. The van der Waals surface area contributed by atoms with Gasteiger partial charge < -0.3 is 25.9 Å². The van der Waals surface area contributed by atoms with Crippen LogP contribution >= 0.6 is 0 Å². The van der Waals surface area contributed by atoms with Crippen molar-refractivity contribution in [2.45, 2.75) is 84.2 Å². The molecule has 0 heterocycles. The van der Waals surface area contributed by atoms with Crippen molar-refractivity contribution in [3.05, 3.63) is 0 Å². The summed E-state index contributed by atoms with van der Waals surface area (Å²) in [6.07, 6.45) is 6.14. The van der Waals surface area contributed by atoms with Crippen molar-refractivity contribution in [1.29, 1.82) is 0 Å². The third-order valence-electron chi connectivity index (χ3n) is 5.55. The van der Waals surface area contributed by atoms with Crippen LogP contribution in [0.1, 0.15) is 72.6 Å². The van der Waals surface area contributed by atoms with E-state index in [1.807, 2.05) is 6.92 Å². The standard InChI is InChI=1S/C19H29N3O6.C3H8/c1-11-3-12-5-13(4-11)8-19(2,7-12)22-18(28)17(27)20-9-15(24)21-14(10-23)6-16(25)26;1-3-2/h10-14H,3-9H2,1-2H3,(H,20,27)(H,21,24)(H,22,28)(H,25,26);3H2,1-2H3/t11?,12?,13?,14-,19?;/m0./s1. The van der Waals surface area contributed by atoms with Gasteiger partial charge in [-0.25, -0.2) is 0 Å². The van der Waals surface area contributed by atoms with Crippen molar-refractivity contribution in [2.24, 2.45) is 17.8 Å². The van der Waals surface area contributed by atoms with Crippen molar-refractivity contribution < 1.29 is 29.1 Å². The molecule has 31 heavy (non-hydrogen) atoms. The monoisotopic (exact) mass is 439 g/mol. The lowest BCUT2D eigenvalue weighted by atomic mass is 9.62. The highest BCUT2D eigenvalue weighted by atomic mass is 16.4. The Bertz CT molecular complexity index is 648. The molecule has 3 atom stereocenters. The molecule has 0 aliphatic heterocycles. The minimum Gasteiger partial charge on any atom is -0.481 e. The van der Waals surface area contributed by atoms with Gasteiger partial charge in [-0.15, -0.1) is 0 Å². The molecule has 0 aromatic rings. The maximum absolute atomic E-state index is 12.2. The summed E-state index contributed by atoms with van der Waals surface area (Å²) >= 11 is 0. The summed E-state index contributed by atoms with van der Waals surface area (Å²) < 4.78 is 0. The quantitative estimate of drug-likeness (QED) is 0.349. The van der Waals surface area contributed by atoms with Crippen LogP contribution in [0.4, 0.5) is 0 Å². The number of nitrogens with one attached hydrogen (secondary N) is 3. The molecule has 0 saturated heterocycles. The fourth-order valence-corrected chi connectivity index (χ4v) is 4.84. The number of rotatable bonds is 7. The maximum Gasteiger partial charge on any atom is 0.309 e. The Hall–Kier alpha value is -2.45. The molecule has 2 saturated carbocycles. The molecule has 2 aliphatic rings. The van der Waals surface area contributed by atoms with Gasteiger partial charge in [0.1, 0.15) is 6.29 Å². The van der Waals surface area contributed by atoms with Crippen LogP contribution < -0.4 is 16.0 Å². The highest BCUT2D eigenvalue weighted by Gasteiger charge is 2.42. The first kappa shape index (κ1) is 26.6. The second kappa shape index (κ2) is 12.4. The number of carboxylic acid groups (broad SMARTS) is 1. The minimum absolute atomic E-state index is 0.308. The molecule has 4 N–H and O–H groups in total. The number of aldehydes is 1. The Kier molecular flexibility index (Phi) is 10.6. The Morgan fingerprint density at radius 2 is 1.61 bits per heavy atom. The average molecular weight is 440 g/mol. The second-order valence-electron chi connectivity index (χ2n) is 9.27. The van der Waals surface area contributed by atoms with Gasteiger partial charge in [0.25, 0.3) is 0 Å². The van der Waals surface area contributed by atoms with E-state index in [1.165, 1.54) is 12.8 Å². The molecule has 2 rings (SSSR count). The smallest absolute Gasteiger partial charge is 0.309 e. The predicted molar refractivity (Wildman–Crippen MR) is 115 cm³/mol. The molecule has 9 nitrogen and oxygen atoms in total. The van der Waals surface area contributed by atoms with Gasteiger partial charge in [0.2, 0.25) is 5.91 Å². The van der Waals surface area contributed by atoms with E-state index in [9.17, 15) is 24.0 Å². The fourth-order valence-electron chi connectivity index (χ4n) is 4.84. The van der Waals surface area contributed by atoms with Crippen LogP contribution in [0.2, 0.25) is 0 Å². The molecular weight excluding hydrogens is 402 g/mol. The molecule has 0 radical (unpaired) electrons. The summed E-state index contributed by atoms with van der Waals surface area (Å²) in [5, 5.41) is 15.8. The zero-order valence-corrected chi connectivity index (χ0v) is 19.0. The molecule has 0 spiro atoms. The van der Waals surface area contributed by atoms with Crippen LogP contribution in [0, 0.1) is 17.8 Å². The number of hydrogen-bond acceptors (Lipinski definition) is 5. The first-order valence-electron chi connectivity index (χ1n) is 11.1. The minimum atomic E-state index is -1.24. The van der Waals surface area contributed by atoms with E-state index >= 15 is 0 Å². The highest BCUT2D eigenvalue weighted by molar-refractivity contribution is 6.35. The van der Waals surface area contributed by atoms with E-state index in [-0.39, 0.29) is 0 Å². The molecule has 2 unspecified atom stereocenters. The van der Waals surface area contributed by atoms with Crippen LogP contribution in [0.25, 0.3) is 0 Å². The Morgan fingerprint density at radius 3 is 2.10 bits per heavy atom. The first-order valence-corrected chi connectivity index (χ1v) is 11.1. The Balaban J connectivity index is 0.00000151. The molecule has 2 bridgehead atoms. The van der Waals surface area contributed by atoms with Gasteiger partial charge >= 0.3 is 17.8 Å². The molecular formula is C22H37N3O6. The topological polar surface area (TPSA) is 142 Å². The predicted octanol–water partition coefficient (Wildman–Crippen LogP) is 1.40. The lowest BCUT2D eigenvalue weighted by molar-refractivity contribution is -0.141. The largest absolute Gasteiger partial charge is 0.481 e. The third-order valence-corrected chi connectivity index (χ3v) is 5.55. The van der Waals surface area contributed by atoms with Crippen molar-refractivity contribution in [1.82, 2.24) is 16.0 Å². The van der Waals surface area contributed by atoms with Gasteiger partial charge in [-0.3, -0.25) is 19.2 Å². The molecule has 0 aromatic carbocycles. The summed E-state index contributed by atoms with van der Waals surface area (Å²) in [6.45, 7) is 7.95. The van der Waals surface area contributed by atoms with E-state index < -0.39 is 48.2 Å². The van der Waals surface area contributed by atoms with Crippen LogP contribution in [-0.4, -0.2) is 53.2 Å². The van der Waals surface area contributed by atoms with E-state index in [2.05, 4.69) is 36.7 Å². The maximum atomic E-state index is 12.2. The van der Waals surface area contributed by atoms with Crippen molar-refractivity contribution in [3.63, 3.8) is 0 Å². The summed E-state index contributed by atoms with van der Waals surface area (Å²) in [5.41, 5.74) is -0.436. The molecule has 176 valence electrons. The number of aliphatic carboxylic acids is 1. The van der Waals surface area contributed by atoms with Crippen LogP contribution in [0.3, 0.4) is 0 Å². The van der Waals surface area contributed by atoms with E-state index in [4.69, 9.17) is 5.11 Å². The summed E-state index contributed by atoms with van der Waals surface area (Å²) in [6, 6.07) is -1.18. The normalized spacial score (nSPS) is 27.5. The third kappa shape index (κ3) is 9.48. The van der Waals surface area contributed by atoms with E-state index in [0.717, 1.165) is 25.7 Å². The number of fused-ring (bicyclic) bond motifs is 2. The SMILES string of the molecule is CC1CC2CC(C1)CC(C)(NC(=O)C(=O)NCC(=O)N[C@H](C=O)CC(=O)O)C2.CCC. The van der Waals surface area contributed by atoms with E-state index in [0.29, 0.717) is 24.0 Å². The van der Waals surface area contributed by atoms with Crippen molar-refractivity contribution in [2.75, 3.05) is 6.54 Å². The average Bonchev–Trinajstić information content (AvgIpc) is 2.64. The summed E-state index contributed by atoms with van der Waals surface area (Å²) in [7, 11) is 0. The fraction of sp³-hybridized carbons (Fsp3) is 0.773. The molecule has 3 amide bonds. The molecule has 0 aromatic heterocycles. The zero-order chi connectivity index (χ0) is 23.6. The highest BCUT2D eigenvalue weighted by Crippen LogP contribution is 2.46. The Morgan fingerprint density at radius 1 is 1.06 bits per heavy atom. The molecule has 2 fully saturated rings. The number of hydrogen-bond donors (Lipinski definition) is 4.